The van der Waals surface area contributed by atoms with E-state index in [0.29, 0.717) is 12.2 Å². The molecule has 2 amide bonds. The molecule has 2 N–H and O–H groups in total. The van der Waals surface area contributed by atoms with Gasteiger partial charge in [-0.2, -0.15) is 0 Å². The molecule has 1 aliphatic heterocycles. The lowest BCUT2D eigenvalue weighted by atomic mass is 10.1. The first-order chi connectivity index (χ1) is 9.72. The monoisotopic (exact) mass is 270 g/mol. The zero-order valence-corrected chi connectivity index (χ0v) is 10.7. The smallest absolute Gasteiger partial charge is 0.229 e. The van der Waals surface area contributed by atoms with E-state index in [9.17, 15) is 9.59 Å². The summed E-state index contributed by atoms with van der Waals surface area (Å²) in [5, 5.41) is 5.50. The zero-order chi connectivity index (χ0) is 13.9. The molecule has 2 aromatic rings. The maximum Gasteiger partial charge on any atom is 0.229 e. The molecule has 0 bridgehead atoms. The van der Waals surface area contributed by atoms with Crippen molar-refractivity contribution in [2.75, 3.05) is 11.9 Å². The van der Waals surface area contributed by atoms with Gasteiger partial charge in [0.15, 0.2) is 0 Å². The van der Waals surface area contributed by atoms with Gasteiger partial charge in [-0.15, -0.1) is 0 Å². The van der Waals surface area contributed by atoms with Gasteiger partial charge in [0.2, 0.25) is 11.8 Å². The summed E-state index contributed by atoms with van der Waals surface area (Å²) < 4.78 is 1.86. The lowest BCUT2D eigenvalue weighted by Gasteiger charge is -2.10. The molecule has 6 heteroatoms. The first-order valence-corrected chi connectivity index (χ1v) is 6.38. The Kier molecular flexibility index (Phi) is 3.20. The minimum atomic E-state index is -0.292. The highest BCUT2D eigenvalue weighted by atomic mass is 16.2. The quantitative estimate of drug-likeness (QED) is 0.871. The first kappa shape index (κ1) is 12.4. The van der Waals surface area contributed by atoms with Crippen molar-refractivity contribution in [3.63, 3.8) is 0 Å². The van der Waals surface area contributed by atoms with Crippen LogP contribution in [0, 0.1) is 5.92 Å². The van der Waals surface area contributed by atoms with Crippen LogP contribution >= 0.6 is 0 Å². The van der Waals surface area contributed by atoms with Crippen molar-refractivity contribution in [1.29, 1.82) is 0 Å². The van der Waals surface area contributed by atoms with E-state index in [1.54, 1.807) is 12.5 Å². The van der Waals surface area contributed by atoms with Gasteiger partial charge in [0.1, 0.15) is 0 Å². The number of rotatable bonds is 3. The van der Waals surface area contributed by atoms with Crippen molar-refractivity contribution in [2.24, 2.45) is 5.92 Å². The van der Waals surface area contributed by atoms with E-state index < -0.39 is 0 Å². The predicted octanol–water partition coefficient (Wildman–Crippen LogP) is 0.947. The van der Waals surface area contributed by atoms with Gasteiger partial charge in [-0.1, -0.05) is 6.07 Å². The number of aromatic nitrogens is 2. The molecule has 1 aromatic heterocycles. The summed E-state index contributed by atoms with van der Waals surface area (Å²) in [6.07, 6.45) is 5.48. The largest absolute Gasteiger partial charge is 0.355 e. The molecule has 1 saturated heterocycles. The maximum absolute atomic E-state index is 12.0. The molecule has 1 atom stereocenters. The number of benzene rings is 1. The van der Waals surface area contributed by atoms with E-state index in [4.69, 9.17) is 0 Å². The molecule has 0 saturated carbocycles. The molecular weight excluding hydrogens is 256 g/mol. The highest BCUT2D eigenvalue weighted by Crippen LogP contribution is 2.17. The Morgan fingerprint density at radius 3 is 3.05 bits per heavy atom. The molecule has 102 valence electrons. The second-order valence-corrected chi connectivity index (χ2v) is 4.71. The fraction of sp³-hybridized carbons (Fsp3) is 0.214. The molecule has 0 radical (unpaired) electrons. The number of anilines is 1. The summed E-state index contributed by atoms with van der Waals surface area (Å²) in [4.78, 5) is 27.1. The highest BCUT2D eigenvalue weighted by molar-refractivity contribution is 5.97. The van der Waals surface area contributed by atoms with Crippen LogP contribution in [0.5, 0.6) is 0 Å². The Balaban J connectivity index is 1.73. The van der Waals surface area contributed by atoms with Crippen LogP contribution in [0.25, 0.3) is 5.69 Å². The second-order valence-electron chi connectivity index (χ2n) is 4.71. The number of nitrogens with zero attached hydrogens (tertiary/aromatic N) is 2. The summed E-state index contributed by atoms with van der Waals surface area (Å²) in [5.74, 6) is -0.497. The minimum Gasteiger partial charge on any atom is -0.355 e. The van der Waals surface area contributed by atoms with E-state index >= 15 is 0 Å². The molecule has 1 unspecified atom stereocenters. The van der Waals surface area contributed by atoms with Gasteiger partial charge in [0.05, 0.1) is 12.2 Å². The highest BCUT2D eigenvalue weighted by Gasteiger charge is 2.27. The van der Waals surface area contributed by atoms with Crippen molar-refractivity contribution < 1.29 is 9.59 Å². The van der Waals surface area contributed by atoms with Gasteiger partial charge in [0.25, 0.3) is 0 Å². The standard InChI is InChI=1S/C14H14N4O2/c19-13-6-10(8-16-13)14(20)17-11-2-1-3-12(7-11)18-5-4-15-9-18/h1-5,7,9-10H,6,8H2,(H,16,19)(H,17,20). The Bertz CT molecular complexity index is 636. The zero-order valence-electron chi connectivity index (χ0n) is 10.7. The van der Waals surface area contributed by atoms with Crippen molar-refractivity contribution in [3.8, 4) is 5.69 Å². The third kappa shape index (κ3) is 2.54. The fourth-order valence-electron chi connectivity index (χ4n) is 2.19. The van der Waals surface area contributed by atoms with E-state index in [-0.39, 0.29) is 24.2 Å². The number of carbonyl (C=O) groups excluding carboxylic acids is 2. The lowest BCUT2D eigenvalue weighted by Crippen LogP contribution is -2.24. The van der Waals surface area contributed by atoms with Crippen molar-refractivity contribution in [1.82, 2.24) is 14.9 Å². The summed E-state index contributed by atoms with van der Waals surface area (Å²) >= 11 is 0. The van der Waals surface area contributed by atoms with Gasteiger partial charge in [-0.05, 0) is 18.2 Å². The van der Waals surface area contributed by atoms with Crippen LogP contribution in [-0.2, 0) is 9.59 Å². The van der Waals surface area contributed by atoms with Crippen LogP contribution in [0.1, 0.15) is 6.42 Å². The van der Waals surface area contributed by atoms with E-state index in [0.717, 1.165) is 5.69 Å². The molecule has 0 spiro atoms. The Morgan fingerprint density at radius 1 is 1.45 bits per heavy atom. The maximum atomic E-state index is 12.0. The van der Waals surface area contributed by atoms with Crippen LogP contribution in [0.4, 0.5) is 5.69 Å². The third-order valence-electron chi connectivity index (χ3n) is 3.26. The number of imidazole rings is 1. The molecule has 1 aromatic carbocycles. The number of amides is 2. The molecule has 0 aliphatic carbocycles. The number of carbonyl (C=O) groups is 2. The summed E-state index contributed by atoms with van der Waals surface area (Å²) in [5.41, 5.74) is 1.63. The van der Waals surface area contributed by atoms with Crippen molar-refractivity contribution in [2.45, 2.75) is 6.42 Å². The average Bonchev–Trinajstić information content (AvgIpc) is 3.10. The van der Waals surface area contributed by atoms with Crippen LogP contribution in [-0.4, -0.2) is 27.9 Å². The van der Waals surface area contributed by atoms with Gasteiger partial charge in [-0.25, -0.2) is 4.98 Å². The van der Waals surface area contributed by atoms with Gasteiger partial charge in [-0.3, -0.25) is 9.59 Å². The molecule has 1 aliphatic rings. The van der Waals surface area contributed by atoms with E-state index in [1.165, 1.54) is 0 Å². The molecule has 1 fully saturated rings. The van der Waals surface area contributed by atoms with Crippen molar-refractivity contribution in [3.05, 3.63) is 43.0 Å². The van der Waals surface area contributed by atoms with Gasteiger partial charge in [0, 0.05) is 36.7 Å². The fourth-order valence-corrected chi connectivity index (χ4v) is 2.19. The Labute approximate surface area is 115 Å². The van der Waals surface area contributed by atoms with Gasteiger partial charge >= 0.3 is 0 Å². The average molecular weight is 270 g/mol. The van der Waals surface area contributed by atoms with Crippen LogP contribution < -0.4 is 10.6 Å². The molecule has 3 rings (SSSR count). The molecule has 2 heterocycles. The minimum absolute atomic E-state index is 0.0719. The summed E-state index contributed by atoms with van der Waals surface area (Å²) in [7, 11) is 0. The number of hydrogen-bond donors (Lipinski definition) is 2. The van der Waals surface area contributed by atoms with Gasteiger partial charge < -0.3 is 15.2 Å². The molecule has 6 nitrogen and oxygen atoms in total. The predicted molar refractivity (Wildman–Crippen MR) is 73.3 cm³/mol. The third-order valence-corrected chi connectivity index (χ3v) is 3.26. The number of hydrogen-bond acceptors (Lipinski definition) is 3. The number of nitrogens with one attached hydrogen (secondary N) is 2. The lowest BCUT2D eigenvalue weighted by molar-refractivity contribution is -0.123. The Morgan fingerprint density at radius 2 is 2.35 bits per heavy atom. The summed E-state index contributed by atoms with van der Waals surface area (Å²) in [6.45, 7) is 0.409. The normalized spacial score (nSPS) is 17.8. The Hall–Kier alpha value is -2.63. The first-order valence-electron chi connectivity index (χ1n) is 6.38. The van der Waals surface area contributed by atoms with Crippen molar-refractivity contribution >= 4 is 17.5 Å². The van der Waals surface area contributed by atoms with Crippen LogP contribution in [0.2, 0.25) is 0 Å². The molecular formula is C14H14N4O2. The second kappa shape index (κ2) is 5.16. The van der Waals surface area contributed by atoms with E-state index in [2.05, 4.69) is 15.6 Å². The topological polar surface area (TPSA) is 76.0 Å². The molecule has 20 heavy (non-hydrogen) atoms. The van der Waals surface area contributed by atoms with Crippen LogP contribution in [0.15, 0.2) is 43.0 Å². The SMILES string of the molecule is O=C1CC(C(=O)Nc2cccc(-n3ccnc3)c2)CN1. The van der Waals surface area contributed by atoms with Crippen LogP contribution in [0.3, 0.4) is 0 Å². The van der Waals surface area contributed by atoms with E-state index in [1.807, 2.05) is 35.0 Å². The summed E-state index contributed by atoms with van der Waals surface area (Å²) in [6, 6.07) is 7.48.